The molecule has 0 N–H and O–H groups in total. The number of ether oxygens (including phenoxy) is 3. The van der Waals surface area contributed by atoms with Crippen molar-refractivity contribution in [2.24, 2.45) is 0 Å². The van der Waals surface area contributed by atoms with Crippen LogP contribution >= 0.6 is 0 Å². The Morgan fingerprint density at radius 2 is 1.76 bits per heavy atom. The predicted octanol–water partition coefficient (Wildman–Crippen LogP) is 3.32. The molecule has 0 unspecified atom stereocenters. The molecule has 0 bridgehead atoms. The minimum atomic E-state index is 0.334. The van der Waals surface area contributed by atoms with Gasteiger partial charge in [0.2, 0.25) is 0 Å². The lowest BCUT2D eigenvalue weighted by Crippen LogP contribution is -2.05. The van der Waals surface area contributed by atoms with Gasteiger partial charge < -0.3 is 14.2 Å². The second kappa shape index (κ2) is 11.8. The molecule has 3 heteroatoms. The molecule has 0 aromatic heterocycles. The Morgan fingerprint density at radius 1 is 1.00 bits per heavy atom. The van der Waals surface area contributed by atoms with Crippen molar-refractivity contribution < 1.29 is 14.2 Å². The highest BCUT2D eigenvalue weighted by Gasteiger charge is 1.90. The number of hydrogen-bond acceptors (Lipinski definition) is 3. The molecule has 0 aliphatic heterocycles. The molecule has 0 radical (unpaired) electrons. The van der Waals surface area contributed by atoms with Crippen LogP contribution in [0, 0.1) is 0 Å². The quantitative estimate of drug-likeness (QED) is 0.334. The summed E-state index contributed by atoms with van der Waals surface area (Å²) < 4.78 is 15.3. The third kappa shape index (κ3) is 13.3. The van der Waals surface area contributed by atoms with Gasteiger partial charge in [-0.1, -0.05) is 23.3 Å². The molecule has 0 saturated carbocycles. The Hall–Kier alpha value is -0.640. The second-order valence-corrected chi connectivity index (χ2v) is 4.26. The summed E-state index contributed by atoms with van der Waals surface area (Å²) in [4.78, 5) is 0. The number of methoxy groups -OCH3 is 1. The molecule has 3 nitrogen and oxygen atoms in total. The molecule has 0 aliphatic rings. The Labute approximate surface area is 105 Å². The van der Waals surface area contributed by atoms with E-state index in [9.17, 15) is 0 Å². The zero-order valence-electron chi connectivity index (χ0n) is 11.6. The SMILES string of the molecule is COCCOCOC/C=C(/C)CCC=C(C)C. The van der Waals surface area contributed by atoms with Gasteiger partial charge in [0.05, 0.1) is 19.8 Å². The molecule has 0 rings (SSSR count). The summed E-state index contributed by atoms with van der Waals surface area (Å²) in [5, 5.41) is 0. The molecule has 0 aromatic carbocycles. The minimum Gasteiger partial charge on any atom is -0.382 e. The molecule has 0 heterocycles. The molecule has 0 saturated heterocycles. The summed E-state index contributed by atoms with van der Waals surface area (Å²) in [5.74, 6) is 0. The monoisotopic (exact) mass is 242 g/mol. The van der Waals surface area contributed by atoms with Gasteiger partial charge >= 0.3 is 0 Å². The first-order valence-corrected chi connectivity index (χ1v) is 6.10. The molecular formula is C14H26O3. The van der Waals surface area contributed by atoms with E-state index in [1.165, 1.54) is 11.1 Å². The standard InChI is InChI=1S/C14H26O3/c1-13(2)6-5-7-14(3)8-9-16-12-17-11-10-15-4/h6,8H,5,7,9-12H2,1-4H3/b14-8-. The van der Waals surface area contributed by atoms with Crippen LogP contribution in [-0.2, 0) is 14.2 Å². The van der Waals surface area contributed by atoms with Crippen LogP contribution < -0.4 is 0 Å². The van der Waals surface area contributed by atoms with Crippen molar-refractivity contribution in [2.75, 3.05) is 33.7 Å². The number of hydrogen-bond donors (Lipinski definition) is 0. The molecule has 0 spiro atoms. The van der Waals surface area contributed by atoms with E-state index >= 15 is 0 Å². The van der Waals surface area contributed by atoms with Crippen LogP contribution in [0.4, 0.5) is 0 Å². The highest BCUT2D eigenvalue weighted by molar-refractivity contribution is 5.02. The maximum absolute atomic E-state index is 5.31. The van der Waals surface area contributed by atoms with E-state index in [4.69, 9.17) is 14.2 Å². The third-order valence-electron chi connectivity index (χ3n) is 2.24. The van der Waals surface area contributed by atoms with Gasteiger partial charge in [0.15, 0.2) is 0 Å². The largest absolute Gasteiger partial charge is 0.382 e. The molecule has 17 heavy (non-hydrogen) atoms. The van der Waals surface area contributed by atoms with Gasteiger partial charge in [-0.2, -0.15) is 0 Å². The fourth-order valence-electron chi connectivity index (χ4n) is 1.20. The van der Waals surface area contributed by atoms with E-state index in [1.54, 1.807) is 7.11 Å². The maximum atomic E-state index is 5.31. The van der Waals surface area contributed by atoms with Crippen LogP contribution in [0.15, 0.2) is 23.3 Å². The summed E-state index contributed by atoms with van der Waals surface area (Å²) in [5.41, 5.74) is 2.74. The van der Waals surface area contributed by atoms with Crippen molar-refractivity contribution in [1.29, 1.82) is 0 Å². The highest BCUT2D eigenvalue weighted by atomic mass is 16.7. The first kappa shape index (κ1) is 16.4. The molecule has 100 valence electrons. The second-order valence-electron chi connectivity index (χ2n) is 4.26. The van der Waals surface area contributed by atoms with Crippen molar-refractivity contribution >= 4 is 0 Å². The number of rotatable bonds is 10. The molecular weight excluding hydrogens is 216 g/mol. The Kier molecular flexibility index (Phi) is 11.4. The smallest absolute Gasteiger partial charge is 0.147 e. The third-order valence-corrected chi connectivity index (χ3v) is 2.24. The molecule has 0 fully saturated rings. The van der Waals surface area contributed by atoms with Gasteiger partial charge in [0.1, 0.15) is 6.79 Å². The van der Waals surface area contributed by atoms with Gasteiger partial charge in [-0.15, -0.1) is 0 Å². The summed E-state index contributed by atoms with van der Waals surface area (Å²) in [6.45, 7) is 8.53. The van der Waals surface area contributed by atoms with Crippen LogP contribution in [-0.4, -0.2) is 33.7 Å². The van der Waals surface area contributed by atoms with Crippen LogP contribution in [0.25, 0.3) is 0 Å². The Morgan fingerprint density at radius 3 is 2.41 bits per heavy atom. The van der Waals surface area contributed by atoms with Crippen molar-refractivity contribution in [2.45, 2.75) is 33.6 Å². The van der Waals surface area contributed by atoms with Crippen molar-refractivity contribution in [3.63, 3.8) is 0 Å². The first-order valence-electron chi connectivity index (χ1n) is 6.10. The van der Waals surface area contributed by atoms with Gasteiger partial charge in [0.25, 0.3) is 0 Å². The van der Waals surface area contributed by atoms with E-state index in [1.807, 2.05) is 0 Å². The van der Waals surface area contributed by atoms with Crippen molar-refractivity contribution in [3.05, 3.63) is 23.3 Å². The Balaban J connectivity index is 3.40. The molecule has 0 aromatic rings. The molecule has 0 atom stereocenters. The van der Waals surface area contributed by atoms with E-state index in [-0.39, 0.29) is 0 Å². The van der Waals surface area contributed by atoms with E-state index in [0.717, 1.165) is 12.8 Å². The zero-order chi connectivity index (χ0) is 12.9. The topological polar surface area (TPSA) is 27.7 Å². The van der Waals surface area contributed by atoms with Crippen LogP contribution in [0.3, 0.4) is 0 Å². The first-order chi connectivity index (χ1) is 8.16. The molecule has 0 amide bonds. The van der Waals surface area contributed by atoms with Crippen molar-refractivity contribution in [3.8, 4) is 0 Å². The normalized spacial score (nSPS) is 11.6. The van der Waals surface area contributed by atoms with Gasteiger partial charge in [-0.25, -0.2) is 0 Å². The van der Waals surface area contributed by atoms with Gasteiger partial charge in [0, 0.05) is 7.11 Å². The van der Waals surface area contributed by atoms with Gasteiger partial charge in [-0.05, 0) is 33.6 Å². The zero-order valence-corrected chi connectivity index (χ0v) is 11.6. The van der Waals surface area contributed by atoms with Crippen molar-refractivity contribution in [1.82, 2.24) is 0 Å². The van der Waals surface area contributed by atoms with E-state index < -0.39 is 0 Å². The lowest BCUT2D eigenvalue weighted by Gasteiger charge is -2.04. The average molecular weight is 242 g/mol. The predicted molar refractivity (Wildman–Crippen MR) is 71.1 cm³/mol. The lowest BCUT2D eigenvalue weighted by molar-refractivity contribution is -0.0572. The van der Waals surface area contributed by atoms with E-state index in [0.29, 0.717) is 26.6 Å². The summed E-state index contributed by atoms with van der Waals surface area (Å²) in [6.07, 6.45) is 6.57. The average Bonchev–Trinajstić information content (AvgIpc) is 2.27. The lowest BCUT2D eigenvalue weighted by atomic mass is 10.1. The van der Waals surface area contributed by atoms with Crippen LogP contribution in [0.2, 0.25) is 0 Å². The fraction of sp³-hybridized carbons (Fsp3) is 0.714. The maximum Gasteiger partial charge on any atom is 0.147 e. The van der Waals surface area contributed by atoms with Crippen LogP contribution in [0.5, 0.6) is 0 Å². The Bertz CT molecular complexity index is 228. The van der Waals surface area contributed by atoms with Crippen LogP contribution in [0.1, 0.15) is 33.6 Å². The minimum absolute atomic E-state index is 0.334. The highest BCUT2D eigenvalue weighted by Crippen LogP contribution is 2.06. The summed E-state index contributed by atoms with van der Waals surface area (Å²) in [6, 6.07) is 0. The summed E-state index contributed by atoms with van der Waals surface area (Å²) >= 11 is 0. The van der Waals surface area contributed by atoms with Gasteiger partial charge in [-0.3, -0.25) is 0 Å². The molecule has 0 aliphatic carbocycles. The van der Waals surface area contributed by atoms with E-state index in [2.05, 4.69) is 32.9 Å². The summed E-state index contributed by atoms with van der Waals surface area (Å²) in [7, 11) is 1.66. The number of allylic oxidation sites excluding steroid dienone is 3. The fourth-order valence-corrected chi connectivity index (χ4v) is 1.20.